The Kier molecular flexibility index (Phi) is 2.93. The Morgan fingerprint density at radius 1 is 1.00 bits per heavy atom. The summed E-state index contributed by atoms with van der Waals surface area (Å²) in [5, 5.41) is 0. The first-order valence-electron chi connectivity index (χ1n) is 6.57. The third kappa shape index (κ3) is 2.30. The SMILES string of the molecule is Cc1ccc(CCC23OCC(C)(CO2)CO3)cc1. The van der Waals surface area contributed by atoms with E-state index in [4.69, 9.17) is 14.2 Å². The minimum absolute atomic E-state index is 0.0472. The van der Waals surface area contributed by atoms with Crippen molar-refractivity contribution in [3.05, 3.63) is 35.4 Å². The lowest BCUT2D eigenvalue weighted by Crippen LogP contribution is -2.59. The highest BCUT2D eigenvalue weighted by molar-refractivity contribution is 5.21. The molecule has 3 aliphatic rings. The molecule has 3 saturated heterocycles. The second-order valence-corrected chi connectivity index (χ2v) is 5.85. The fourth-order valence-corrected chi connectivity index (χ4v) is 2.37. The van der Waals surface area contributed by atoms with Crippen molar-refractivity contribution >= 4 is 0 Å². The molecule has 0 atom stereocenters. The summed E-state index contributed by atoms with van der Waals surface area (Å²) in [6.07, 6.45) is 1.67. The molecule has 98 valence electrons. The molecule has 0 amide bonds. The van der Waals surface area contributed by atoms with Gasteiger partial charge in [0.2, 0.25) is 0 Å². The summed E-state index contributed by atoms with van der Waals surface area (Å²) in [6.45, 7) is 6.44. The van der Waals surface area contributed by atoms with Crippen LogP contribution in [0.5, 0.6) is 0 Å². The molecule has 18 heavy (non-hydrogen) atoms. The average Bonchev–Trinajstić information content (AvgIpc) is 2.40. The molecule has 0 spiro atoms. The van der Waals surface area contributed by atoms with Crippen LogP contribution >= 0.6 is 0 Å². The molecular weight excluding hydrogens is 228 g/mol. The van der Waals surface area contributed by atoms with Crippen molar-refractivity contribution in [3.8, 4) is 0 Å². The molecule has 2 bridgehead atoms. The molecule has 4 rings (SSSR count). The summed E-state index contributed by atoms with van der Waals surface area (Å²) in [5.41, 5.74) is 2.63. The van der Waals surface area contributed by atoms with Crippen molar-refractivity contribution in [3.63, 3.8) is 0 Å². The molecule has 0 unspecified atom stereocenters. The predicted octanol–water partition coefficient (Wildman–Crippen LogP) is 2.66. The molecule has 1 aromatic carbocycles. The van der Waals surface area contributed by atoms with E-state index in [1.165, 1.54) is 11.1 Å². The number of hydrogen-bond acceptors (Lipinski definition) is 3. The van der Waals surface area contributed by atoms with E-state index >= 15 is 0 Å². The maximum Gasteiger partial charge on any atom is 0.283 e. The average molecular weight is 248 g/mol. The molecule has 0 aliphatic carbocycles. The fraction of sp³-hybridized carbons (Fsp3) is 0.600. The number of ether oxygens (including phenoxy) is 3. The Morgan fingerprint density at radius 2 is 1.56 bits per heavy atom. The lowest BCUT2D eigenvalue weighted by Gasteiger charge is -2.50. The molecule has 0 N–H and O–H groups in total. The molecule has 0 radical (unpaired) electrons. The number of benzene rings is 1. The first-order valence-corrected chi connectivity index (χ1v) is 6.57. The van der Waals surface area contributed by atoms with Crippen molar-refractivity contribution in [2.24, 2.45) is 5.41 Å². The van der Waals surface area contributed by atoms with Crippen LogP contribution < -0.4 is 0 Å². The molecule has 3 fully saturated rings. The second kappa shape index (κ2) is 4.34. The van der Waals surface area contributed by atoms with Gasteiger partial charge in [-0.1, -0.05) is 36.8 Å². The van der Waals surface area contributed by atoms with Crippen molar-refractivity contribution < 1.29 is 14.2 Å². The molecule has 0 aromatic heterocycles. The molecule has 3 nitrogen and oxygen atoms in total. The zero-order chi connectivity index (χ0) is 12.6. The van der Waals surface area contributed by atoms with Gasteiger partial charge in [0.25, 0.3) is 5.97 Å². The van der Waals surface area contributed by atoms with Gasteiger partial charge in [0.05, 0.1) is 19.8 Å². The van der Waals surface area contributed by atoms with Gasteiger partial charge in [-0.2, -0.15) is 0 Å². The van der Waals surface area contributed by atoms with Crippen LogP contribution in [0.4, 0.5) is 0 Å². The summed E-state index contributed by atoms with van der Waals surface area (Å²) in [6, 6.07) is 8.58. The smallest absolute Gasteiger partial charge is 0.283 e. The van der Waals surface area contributed by atoms with E-state index < -0.39 is 5.97 Å². The Hall–Kier alpha value is -0.900. The topological polar surface area (TPSA) is 27.7 Å². The van der Waals surface area contributed by atoms with E-state index in [9.17, 15) is 0 Å². The van der Waals surface area contributed by atoms with Crippen LogP contribution in [0.15, 0.2) is 24.3 Å². The van der Waals surface area contributed by atoms with Gasteiger partial charge in [0, 0.05) is 11.8 Å². The fourth-order valence-electron chi connectivity index (χ4n) is 2.37. The lowest BCUT2D eigenvalue weighted by atomic mass is 9.91. The van der Waals surface area contributed by atoms with Crippen LogP contribution in [0.1, 0.15) is 24.5 Å². The van der Waals surface area contributed by atoms with E-state index in [0.717, 1.165) is 32.7 Å². The number of rotatable bonds is 3. The highest BCUT2D eigenvalue weighted by Gasteiger charge is 2.49. The monoisotopic (exact) mass is 248 g/mol. The Morgan fingerprint density at radius 3 is 2.11 bits per heavy atom. The molecule has 3 aliphatic heterocycles. The molecule has 0 saturated carbocycles. The van der Waals surface area contributed by atoms with Gasteiger partial charge in [-0.05, 0) is 18.9 Å². The van der Waals surface area contributed by atoms with Crippen molar-refractivity contribution in [1.82, 2.24) is 0 Å². The van der Waals surface area contributed by atoms with Gasteiger partial charge in [-0.25, -0.2) is 0 Å². The standard InChI is InChI=1S/C15H20O3/c1-12-3-5-13(6-4-12)7-8-15-16-9-14(2,10-17-15)11-18-15/h3-6H,7-11H2,1-2H3. The highest BCUT2D eigenvalue weighted by Crippen LogP contribution is 2.40. The third-order valence-corrected chi connectivity index (χ3v) is 3.76. The molecule has 3 heterocycles. The number of aryl methyl sites for hydroxylation is 2. The Labute approximate surface area is 108 Å². The van der Waals surface area contributed by atoms with Gasteiger partial charge in [-0.3, -0.25) is 0 Å². The third-order valence-electron chi connectivity index (χ3n) is 3.76. The summed E-state index contributed by atoms with van der Waals surface area (Å²) in [4.78, 5) is 0. The summed E-state index contributed by atoms with van der Waals surface area (Å²) >= 11 is 0. The van der Waals surface area contributed by atoms with Crippen LogP contribution in [-0.2, 0) is 20.6 Å². The highest BCUT2D eigenvalue weighted by atomic mass is 16.9. The zero-order valence-electron chi connectivity index (χ0n) is 11.1. The molecular formula is C15H20O3. The Bertz CT molecular complexity index is 399. The van der Waals surface area contributed by atoms with E-state index in [2.05, 4.69) is 38.1 Å². The number of fused-ring (bicyclic) bond motifs is 3. The van der Waals surface area contributed by atoms with Crippen LogP contribution in [0.25, 0.3) is 0 Å². The van der Waals surface area contributed by atoms with Crippen LogP contribution in [0, 0.1) is 12.3 Å². The van der Waals surface area contributed by atoms with Gasteiger partial charge in [0.15, 0.2) is 0 Å². The maximum atomic E-state index is 5.77. The van der Waals surface area contributed by atoms with E-state index in [0.29, 0.717) is 0 Å². The molecule has 3 heteroatoms. The molecule has 1 aromatic rings. The van der Waals surface area contributed by atoms with E-state index in [1.54, 1.807) is 0 Å². The zero-order valence-corrected chi connectivity index (χ0v) is 11.1. The van der Waals surface area contributed by atoms with Crippen LogP contribution in [-0.4, -0.2) is 25.8 Å². The van der Waals surface area contributed by atoms with Gasteiger partial charge in [-0.15, -0.1) is 0 Å². The Balaban J connectivity index is 1.62. The first kappa shape index (κ1) is 12.2. The van der Waals surface area contributed by atoms with Crippen LogP contribution in [0.3, 0.4) is 0 Å². The second-order valence-electron chi connectivity index (χ2n) is 5.85. The largest absolute Gasteiger partial charge is 0.327 e. The lowest BCUT2D eigenvalue weighted by molar-refractivity contribution is -0.467. The predicted molar refractivity (Wildman–Crippen MR) is 68.2 cm³/mol. The van der Waals surface area contributed by atoms with E-state index in [-0.39, 0.29) is 5.41 Å². The van der Waals surface area contributed by atoms with Crippen LogP contribution in [0.2, 0.25) is 0 Å². The van der Waals surface area contributed by atoms with E-state index in [1.807, 2.05) is 0 Å². The van der Waals surface area contributed by atoms with Gasteiger partial charge >= 0.3 is 0 Å². The summed E-state index contributed by atoms with van der Waals surface area (Å²) in [7, 11) is 0. The minimum atomic E-state index is -0.789. The van der Waals surface area contributed by atoms with Gasteiger partial charge < -0.3 is 14.2 Å². The quantitative estimate of drug-likeness (QED) is 0.823. The summed E-state index contributed by atoms with van der Waals surface area (Å²) in [5.74, 6) is -0.789. The number of hydrogen-bond donors (Lipinski definition) is 0. The normalized spacial score (nSPS) is 34.8. The first-order chi connectivity index (χ1) is 8.59. The van der Waals surface area contributed by atoms with Crippen molar-refractivity contribution in [2.45, 2.75) is 32.7 Å². The van der Waals surface area contributed by atoms with Crippen molar-refractivity contribution in [1.29, 1.82) is 0 Å². The van der Waals surface area contributed by atoms with Crippen molar-refractivity contribution in [2.75, 3.05) is 19.8 Å². The maximum absolute atomic E-state index is 5.77. The van der Waals surface area contributed by atoms with Gasteiger partial charge in [0.1, 0.15) is 0 Å². The minimum Gasteiger partial charge on any atom is -0.327 e. The summed E-state index contributed by atoms with van der Waals surface area (Å²) < 4.78 is 17.3.